The van der Waals surface area contributed by atoms with Crippen LogP contribution < -0.4 is 15.4 Å². The molecule has 9 nitrogen and oxygen atoms in total. The van der Waals surface area contributed by atoms with E-state index in [2.05, 4.69) is 15.6 Å². The average Bonchev–Trinajstić information content (AvgIpc) is 3.43. The standard InChI is InChI=1S/C26H31FN4O5/c1-14-23(26(34)30-19-10-31(11-20(19)32)22(33)13-35-2)25-18(7-8-28-25)24(29-14)17-6-5-16(27)9-21(17)36-12-15-3-4-15/h5-9,15,19-20,24,28-29,32H,3-4,10-13H2,1-2H3,(H,30,34)/t19-,20+,24?/m1/s1. The zero-order valence-electron chi connectivity index (χ0n) is 20.3. The Balaban J connectivity index is 1.36. The molecule has 1 saturated carbocycles. The quantitative estimate of drug-likeness (QED) is 0.440. The number of aliphatic hydroxyl groups is 1. The topological polar surface area (TPSA) is 116 Å². The number of β-amino-alcohol motifs (C(OH)–C–C–N with tert-alkyl or cyclic N) is 1. The Kier molecular flexibility index (Phi) is 6.72. The van der Waals surface area contributed by atoms with Crippen LogP contribution in [0.2, 0.25) is 0 Å². The van der Waals surface area contributed by atoms with Gasteiger partial charge >= 0.3 is 0 Å². The van der Waals surface area contributed by atoms with Crippen molar-refractivity contribution in [1.82, 2.24) is 20.5 Å². The number of halogens is 1. The second-order valence-corrected chi connectivity index (χ2v) is 9.70. The van der Waals surface area contributed by atoms with E-state index in [0.29, 0.717) is 35.2 Å². The Hall–Kier alpha value is -3.37. The van der Waals surface area contributed by atoms with Gasteiger partial charge < -0.3 is 35.1 Å². The maximum absolute atomic E-state index is 14.1. The van der Waals surface area contributed by atoms with E-state index < -0.39 is 12.1 Å². The summed E-state index contributed by atoms with van der Waals surface area (Å²) in [4.78, 5) is 30.2. The van der Waals surface area contributed by atoms with Crippen molar-refractivity contribution in [3.63, 3.8) is 0 Å². The Morgan fingerprint density at radius 2 is 2.03 bits per heavy atom. The van der Waals surface area contributed by atoms with Crippen molar-refractivity contribution >= 4 is 17.4 Å². The molecule has 1 unspecified atom stereocenters. The van der Waals surface area contributed by atoms with E-state index in [4.69, 9.17) is 9.47 Å². The Morgan fingerprint density at radius 1 is 1.22 bits per heavy atom. The van der Waals surface area contributed by atoms with Gasteiger partial charge in [0.05, 0.1) is 36.1 Å². The minimum atomic E-state index is -0.881. The number of hydrogen-bond acceptors (Lipinski definition) is 6. The number of hydrogen-bond donors (Lipinski definition) is 4. The predicted octanol–water partition coefficient (Wildman–Crippen LogP) is 1.70. The third-order valence-electron chi connectivity index (χ3n) is 6.99. The third kappa shape index (κ3) is 4.83. The molecule has 1 saturated heterocycles. The number of carbonyl (C=O) groups excluding carboxylic acids is 2. The van der Waals surface area contributed by atoms with Crippen molar-refractivity contribution in [2.24, 2.45) is 5.92 Å². The summed E-state index contributed by atoms with van der Waals surface area (Å²) in [7, 11) is 1.43. The minimum absolute atomic E-state index is 0.0788. The van der Waals surface area contributed by atoms with Gasteiger partial charge in [-0.3, -0.25) is 9.59 Å². The number of amides is 2. The Morgan fingerprint density at radius 3 is 2.78 bits per heavy atom. The fourth-order valence-corrected chi connectivity index (χ4v) is 4.87. The van der Waals surface area contributed by atoms with Gasteiger partial charge in [0.25, 0.3) is 5.91 Å². The fourth-order valence-electron chi connectivity index (χ4n) is 4.87. The van der Waals surface area contributed by atoms with Gasteiger partial charge in [0.15, 0.2) is 0 Å². The molecule has 4 N–H and O–H groups in total. The molecule has 0 radical (unpaired) electrons. The largest absolute Gasteiger partial charge is 0.493 e. The van der Waals surface area contributed by atoms with Crippen LogP contribution in [0.3, 0.4) is 0 Å². The lowest BCUT2D eigenvalue weighted by molar-refractivity contribution is -0.134. The van der Waals surface area contributed by atoms with Crippen molar-refractivity contribution in [3.8, 4) is 5.75 Å². The highest BCUT2D eigenvalue weighted by atomic mass is 19.1. The molecule has 1 aromatic carbocycles. The molecule has 3 atom stereocenters. The molecular formula is C26H31FN4O5. The number of rotatable bonds is 8. The number of fused-ring (bicyclic) bond motifs is 1. The molecule has 1 aromatic heterocycles. The van der Waals surface area contributed by atoms with E-state index in [0.717, 1.165) is 24.0 Å². The van der Waals surface area contributed by atoms with E-state index in [-0.39, 0.29) is 43.4 Å². The van der Waals surface area contributed by atoms with Gasteiger partial charge in [-0.2, -0.15) is 0 Å². The number of H-pyrrole nitrogens is 1. The molecule has 5 rings (SSSR count). The zero-order chi connectivity index (χ0) is 25.4. The molecule has 10 heteroatoms. The number of likely N-dealkylation sites (tertiary alicyclic amines) is 1. The average molecular weight is 499 g/mol. The number of carbonyl (C=O) groups is 2. The number of ether oxygens (including phenoxy) is 2. The first-order valence-corrected chi connectivity index (χ1v) is 12.2. The molecule has 0 bridgehead atoms. The number of nitrogens with one attached hydrogen (secondary N) is 3. The van der Waals surface area contributed by atoms with Crippen molar-refractivity contribution in [3.05, 3.63) is 58.8 Å². The van der Waals surface area contributed by atoms with Gasteiger partial charge in [0.1, 0.15) is 18.2 Å². The van der Waals surface area contributed by atoms with E-state index in [9.17, 15) is 19.1 Å². The van der Waals surface area contributed by atoms with Crippen molar-refractivity contribution in [2.75, 3.05) is 33.4 Å². The lowest BCUT2D eigenvalue weighted by Crippen LogP contribution is -2.44. The molecule has 2 amide bonds. The van der Waals surface area contributed by atoms with Gasteiger partial charge in [-0.15, -0.1) is 0 Å². The van der Waals surface area contributed by atoms with Crippen LogP contribution in [0.5, 0.6) is 5.75 Å². The fraction of sp³-hybridized carbons (Fsp3) is 0.462. The zero-order valence-corrected chi connectivity index (χ0v) is 20.3. The summed E-state index contributed by atoms with van der Waals surface area (Å²) < 4.78 is 24.9. The van der Waals surface area contributed by atoms with Gasteiger partial charge in [-0.25, -0.2) is 4.39 Å². The lowest BCUT2D eigenvalue weighted by atomic mass is 9.90. The first-order chi connectivity index (χ1) is 17.4. The highest BCUT2D eigenvalue weighted by Gasteiger charge is 2.37. The Bertz CT molecular complexity index is 1190. The van der Waals surface area contributed by atoms with Crippen LogP contribution in [0.1, 0.15) is 42.6 Å². The molecule has 2 aliphatic heterocycles. The molecule has 36 heavy (non-hydrogen) atoms. The number of aromatic nitrogens is 1. The Labute approximate surface area is 208 Å². The first-order valence-electron chi connectivity index (χ1n) is 12.2. The molecule has 1 aliphatic carbocycles. The highest BCUT2D eigenvalue weighted by molar-refractivity contribution is 6.20. The van der Waals surface area contributed by atoms with Crippen molar-refractivity contribution in [2.45, 2.75) is 38.0 Å². The van der Waals surface area contributed by atoms with Crippen LogP contribution in [0.25, 0.3) is 5.57 Å². The number of aromatic amines is 1. The van der Waals surface area contributed by atoms with Crippen LogP contribution in [0.15, 0.2) is 36.2 Å². The first kappa shape index (κ1) is 24.3. The molecule has 0 spiro atoms. The van der Waals surface area contributed by atoms with Crippen molar-refractivity contribution < 1.29 is 28.6 Å². The lowest BCUT2D eigenvalue weighted by Gasteiger charge is -2.30. The van der Waals surface area contributed by atoms with Gasteiger partial charge in [0, 0.05) is 49.3 Å². The number of nitrogens with zero attached hydrogens (tertiary/aromatic N) is 1. The van der Waals surface area contributed by atoms with Crippen molar-refractivity contribution in [1.29, 1.82) is 0 Å². The normalized spacial score (nSPS) is 23.3. The van der Waals surface area contributed by atoms with Crippen LogP contribution >= 0.6 is 0 Å². The van der Waals surface area contributed by atoms with Crippen LogP contribution in [0.4, 0.5) is 4.39 Å². The number of allylic oxidation sites excluding steroid dienone is 1. The van der Waals surface area contributed by atoms with Gasteiger partial charge in [-0.05, 0) is 43.9 Å². The van der Waals surface area contributed by atoms with E-state index in [1.807, 2.05) is 6.07 Å². The second kappa shape index (κ2) is 9.94. The maximum atomic E-state index is 14.1. The van der Waals surface area contributed by atoms with Gasteiger partial charge in [-0.1, -0.05) is 0 Å². The SMILES string of the molecule is COCC(=O)N1C[C@H](O)[C@H](NC(=O)C2=C(C)NC(c3ccc(F)cc3OCC3CC3)c3cc[nH]c32)C1. The van der Waals surface area contributed by atoms with Crippen LogP contribution in [-0.4, -0.2) is 72.4 Å². The minimum Gasteiger partial charge on any atom is -0.493 e. The van der Waals surface area contributed by atoms with E-state index >= 15 is 0 Å². The van der Waals surface area contributed by atoms with E-state index in [1.54, 1.807) is 19.2 Å². The summed E-state index contributed by atoms with van der Waals surface area (Å²) in [5, 5.41) is 16.7. The number of benzene rings is 1. The molecule has 2 fully saturated rings. The van der Waals surface area contributed by atoms with E-state index in [1.165, 1.54) is 24.1 Å². The third-order valence-corrected chi connectivity index (χ3v) is 6.99. The highest BCUT2D eigenvalue weighted by Crippen LogP contribution is 2.40. The summed E-state index contributed by atoms with van der Waals surface area (Å²) in [5.41, 5.74) is 3.31. The molecular weight excluding hydrogens is 467 g/mol. The monoisotopic (exact) mass is 498 g/mol. The molecule has 192 valence electrons. The predicted molar refractivity (Wildman–Crippen MR) is 129 cm³/mol. The summed E-state index contributed by atoms with van der Waals surface area (Å²) in [5.74, 6) is 0.0391. The summed E-state index contributed by atoms with van der Waals surface area (Å²) in [6, 6.07) is 5.48. The van der Waals surface area contributed by atoms with Gasteiger partial charge in [0.2, 0.25) is 5.91 Å². The molecule has 2 aromatic rings. The smallest absolute Gasteiger partial charge is 0.255 e. The molecule has 3 heterocycles. The summed E-state index contributed by atoms with van der Waals surface area (Å²) in [6.45, 7) is 2.61. The van der Waals surface area contributed by atoms with Crippen LogP contribution in [-0.2, 0) is 14.3 Å². The number of aliphatic hydroxyl groups excluding tert-OH is 1. The molecule has 3 aliphatic rings. The second-order valence-electron chi connectivity index (χ2n) is 9.70. The summed E-state index contributed by atoms with van der Waals surface area (Å²) >= 11 is 0. The van der Waals surface area contributed by atoms with Crippen LogP contribution in [0, 0.1) is 11.7 Å². The summed E-state index contributed by atoms with van der Waals surface area (Å²) in [6.07, 6.45) is 3.13. The maximum Gasteiger partial charge on any atom is 0.255 e. The number of methoxy groups -OCH3 is 1.